The Kier molecular flexibility index (Phi) is 3.63. The average molecular weight is 262 g/mol. The van der Waals surface area contributed by atoms with Crippen molar-refractivity contribution in [2.24, 2.45) is 0 Å². The summed E-state index contributed by atoms with van der Waals surface area (Å²) in [5.74, 6) is 0.376. The lowest BCUT2D eigenvalue weighted by Gasteiger charge is -2.09. The van der Waals surface area contributed by atoms with Gasteiger partial charge < -0.3 is 4.74 Å². The van der Waals surface area contributed by atoms with Gasteiger partial charge in [-0.2, -0.15) is 0 Å². The minimum absolute atomic E-state index is 0.164. The van der Waals surface area contributed by atoms with Gasteiger partial charge in [-0.15, -0.1) is 0 Å². The highest BCUT2D eigenvalue weighted by molar-refractivity contribution is 6.35. The Labute approximate surface area is 110 Å². The summed E-state index contributed by atoms with van der Waals surface area (Å²) in [4.78, 5) is 16.3. The second-order valence-electron chi connectivity index (χ2n) is 3.89. The Morgan fingerprint density at radius 1 is 1.28 bits per heavy atom. The number of nitrogens with zero attached hydrogens (tertiary/aromatic N) is 1. The van der Waals surface area contributed by atoms with E-state index in [9.17, 15) is 4.79 Å². The Hall–Kier alpha value is -1.87. The van der Waals surface area contributed by atoms with Crippen molar-refractivity contribution in [3.8, 4) is 5.75 Å². The number of halogens is 1. The van der Waals surface area contributed by atoms with Crippen molar-refractivity contribution in [1.82, 2.24) is 4.98 Å². The average Bonchev–Trinajstić information content (AvgIpc) is 2.38. The van der Waals surface area contributed by atoms with Crippen molar-refractivity contribution < 1.29 is 9.53 Å². The molecule has 4 heteroatoms. The van der Waals surface area contributed by atoms with Crippen molar-refractivity contribution in [3.05, 3.63) is 58.4 Å². The Balaban J connectivity index is 2.52. The van der Waals surface area contributed by atoms with Crippen LogP contribution in [-0.4, -0.2) is 17.9 Å². The van der Waals surface area contributed by atoms with Crippen LogP contribution in [0.2, 0.25) is 5.02 Å². The normalized spacial score (nSPS) is 10.2. The molecule has 2 aromatic rings. The number of benzene rings is 1. The summed E-state index contributed by atoms with van der Waals surface area (Å²) in [7, 11) is 1.54. The summed E-state index contributed by atoms with van der Waals surface area (Å²) in [5, 5.41) is 0.339. The maximum atomic E-state index is 12.4. The van der Waals surface area contributed by atoms with Gasteiger partial charge in [0.15, 0.2) is 5.78 Å². The van der Waals surface area contributed by atoms with E-state index in [1.807, 2.05) is 13.0 Å². The van der Waals surface area contributed by atoms with Gasteiger partial charge in [-0.05, 0) is 25.1 Å². The van der Waals surface area contributed by atoms with Crippen LogP contribution in [0.15, 0.2) is 36.7 Å². The molecule has 18 heavy (non-hydrogen) atoms. The van der Waals surface area contributed by atoms with E-state index in [0.717, 1.165) is 5.56 Å². The van der Waals surface area contributed by atoms with Crippen molar-refractivity contribution in [3.63, 3.8) is 0 Å². The molecule has 2 rings (SSSR count). The van der Waals surface area contributed by atoms with Crippen LogP contribution in [0.3, 0.4) is 0 Å². The number of pyridine rings is 1. The molecule has 0 bridgehead atoms. The maximum absolute atomic E-state index is 12.4. The zero-order valence-corrected chi connectivity index (χ0v) is 10.9. The largest absolute Gasteiger partial charge is 0.496 e. The predicted molar refractivity (Wildman–Crippen MR) is 70.4 cm³/mol. The first kappa shape index (κ1) is 12.6. The number of rotatable bonds is 3. The van der Waals surface area contributed by atoms with Crippen molar-refractivity contribution in [1.29, 1.82) is 0 Å². The molecule has 0 spiro atoms. The smallest absolute Gasteiger partial charge is 0.198 e. The highest BCUT2D eigenvalue weighted by Gasteiger charge is 2.17. The molecule has 0 saturated heterocycles. The van der Waals surface area contributed by atoms with Crippen LogP contribution >= 0.6 is 11.6 Å². The van der Waals surface area contributed by atoms with E-state index in [1.54, 1.807) is 24.4 Å². The molecule has 0 aliphatic carbocycles. The van der Waals surface area contributed by atoms with E-state index in [0.29, 0.717) is 21.9 Å². The molecule has 1 aromatic heterocycles. The molecule has 0 fully saturated rings. The molecule has 0 atom stereocenters. The summed E-state index contributed by atoms with van der Waals surface area (Å²) in [6.45, 7) is 1.92. The molecular formula is C14H12ClNO2. The minimum Gasteiger partial charge on any atom is -0.496 e. The van der Waals surface area contributed by atoms with Crippen LogP contribution in [0.4, 0.5) is 0 Å². The number of hydrogen-bond donors (Lipinski definition) is 0. The molecule has 0 unspecified atom stereocenters. The van der Waals surface area contributed by atoms with Crippen molar-refractivity contribution in [2.75, 3.05) is 7.11 Å². The van der Waals surface area contributed by atoms with Crippen LogP contribution in [-0.2, 0) is 0 Å². The second-order valence-corrected chi connectivity index (χ2v) is 4.30. The van der Waals surface area contributed by atoms with E-state index >= 15 is 0 Å². The summed E-state index contributed by atoms with van der Waals surface area (Å²) in [6.07, 6.45) is 3.00. The standard InChI is InChI=1S/C14H12ClNO2/c1-9-3-4-13(18-2)11(7-9)14(17)10-5-6-16-8-12(10)15/h3-8H,1-2H3. The number of hydrogen-bond acceptors (Lipinski definition) is 3. The molecule has 1 heterocycles. The van der Waals surface area contributed by atoms with E-state index < -0.39 is 0 Å². The number of carbonyl (C=O) groups excluding carboxylic acids is 1. The van der Waals surface area contributed by atoms with Crippen molar-refractivity contribution in [2.45, 2.75) is 6.92 Å². The van der Waals surface area contributed by atoms with Gasteiger partial charge in [0, 0.05) is 18.0 Å². The second kappa shape index (κ2) is 5.19. The molecule has 0 aliphatic heterocycles. The lowest BCUT2D eigenvalue weighted by Crippen LogP contribution is -2.05. The van der Waals surface area contributed by atoms with E-state index in [1.165, 1.54) is 13.3 Å². The lowest BCUT2D eigenvalue weighted by molar-refractivity contribution is 0.103. The first-order valence-electron chi connectivity index (χ1n) is 5.42. The molecule has 0 N–H and O–H groups in total. The first-order valence-corrected chi connectivity index (χ1v) is 5.80. The van der Waals surface area contributed by atoms with Gasteiger partial charge in [-0.1, -0.05) is 23.2 Å². The van der Waals surface area contributed by atoms with Crippen LogP contribution < -0.4 is 4.74 Å². The third-order valence-electron chi connectivity index (χ3n) is 2.62. The van der Waals surface area contributed by atoms with Crippen LogP contribution in [0.5, 0.6) is 5.75 Å². The minimum atomic E-state index is -0.164. The number of carbonyl (C=O) groups is 1. The zero-order valence-electron chi connectivity index (χ0n) is 10.1. The van der Waals surface area contributed by atoms with E-state index in [4.69, 9.17) is 16.3 Å². The molecule has 0 aliphatic rings. The van der Waals surface area contributed by atoms with Crippen molar-refractivity contribution >= 4 is 17.4 Å². The quantitative estimate of drug-likeness (QED) is 0.796. The molecule has 0 saturated carbocycles. The molecular weight excluding hydrogens is 250 g/mol. The fourth-order valence-electron chi connectivity index (χ4n) is 1.70. The first-order chi connectivity index (χ1) is 8.63. The van der Waals surface area contributed by atoms with Gasteiger partial charge >= 0.3 is 0 Å². The maximum Gasteiger partial charge on any atom is 0.198 e. The third kappa shape index (κ3) is 2.36. The van der Waals surface area contributed by atoms with E-state index in [2.05, 4.69) is 4.98 Å². The topological polar surface area (TPSA) is 39.2 Å². The summed E-state index contributed by atoms with van der Waals surface area (Å²) < 4.78 is 5.20. The van der Waals surface area contributed by atoms with Crippen LogP contribution in [0, 0.1) is 6.92 Å². The number of aryl methyl sites for hydroxylation is 1. The number of ketones is 1. The molecule has 3 nitrogen and oxygen atoms in total. The van der Waals surface area contributed by atoms with Crippen LogP contribution in [0.25, 0.3) is 0 Å². The van der Waals surface area contributed by atoms with Gasteiger partial charge in [0.1, 0.15) is 5.75 Å². The molecule has 92 valence electrons. The fraction of sp³-hybridized carbons (Fsp3) is 0.143. The zero-order chi connectivity index (χ0) is 13.1. The Morgan fingerprint density at radius 3 is 2.72 bits per heavy atom. The summed E-state index contributed by atoms with van der Waals surface area (Å²) in [6, 6.07) is 7.06. The molecule has 0 amide bonds. The van der Waals surface area contributed by atoms with Crippen LogP contribution in [0.1, 0.15) is 21.5 Å². The number of methoxy groups -OCH3 is 1. The van der Waals surface area contributed by atoms with E-state index in [-0.39, 0.29) is 5.78 Å². The molecule has 0 radical (unpaired) electrons. The SMILES string of the molecule is COc1ccc(C)cc1C(=O)c1ccncc1Cl. The summed E-state index contributed by atoms with van der Waals surface area (Å²) in [5.41, 5.74) is 1.92. The van der Waals surface area contributed by atoms with Gasteiger partial charge in [0.2, 0.25) is 0 Å². The highest BCUT2D eigenvalue weighted by atomic mass is 35.5. The predicted octanol–water partition coefficient (Wildman–Crippen LogP) is 3.28. The number of ether oxygens (including phenoxy) is 1. The molecule has 1 aromatic carbocycles. The van der Waals surface area contributed by atoms with Gasteiger partial charge in [-0.3, -0.25) is 9.78 Å². The fourth-order valence-corrected chi connectivity index (χ4v) is 1.91. The van der Waals surface area contributed by atoms with Gasteiger partial charge in [-0.25, -0.2) is 0 Å². The highest BCUT2D eigenvalue weighted by Crippen LogP contribution is 2.25. The third-order valence-corrected chi connectivity index (χ3v) is 2.92. The lowest BCUT2D eigenvalue weighted by atomic mass is 10.0. The monoisotopic (exact) mass is 261 g/mol. The Morgan fingerprint density at radius 2 is 2.06 bits per heavy atom. The number of aromatic nitrogens is 1. The van der Waals surface area contributed by atoms with Gasteiger partial charge in [0.25, 0.3) is 0 Å². The summed E-state index contributed by atoms with van der Waals surface area (Å²) >= 11 is 5.98. The van der Waals surface area contributed by atoms with Gasteiger partial charge in [0.05, 0.1) is 17.7 Å². The Bertz CT molecular complexity index is 596.